The van der Waals surface area contributed by atoms with Crippen LogP contribution in [0.25, 0.3) is 0 Å². The number of hydrogen-bond acceptors (Lipinski definition) is 5. The molecule has 1 aromatic carbocycles. The minimum absolute atomic E-state index is 0.124. The van der Waals surface area contributed by atoms with Crippen molar-refractivity contribution in [2.45, 2.75) is 23.4 Å². The third-order valence-electron chi connectivity index (χ3n) is 3.96. The van der Waals surface area contributed by atoms with Crippen molar-refractivity contribution in [3.63, 3.8) is 0 Å². The fraction of sp³-hybridized carbons (Fsp3) is 0.235. The monoisotopic (exact) mass is 340 g/mol. The van der Waals surface area contributed by atoms with E-state index in [1.54, 1.807) is 12.6 Å². The van der Waals surface area contributed by atoms with Crippen molar-refractivity contribution < 1.29 is 9.21 Å². The van der Waals surface area contributed by atoms with E-state index in [0.717, 1.165) is 29.6 Å². The predicted molar refractivity (Wildman–Crippen MR) is 90.9 cm³/mol. The van der Waals surface area contributed by atoms with E-state index < -0.39 is 0 Å². The molecule has 0 bridgehead atoms. The van der Waals surface area contributed by atoms with Crippen LogP contribution < -0.4 is 4.90 Å². The van der Waals surface area contributed by atoms with E-state index in [-0.39, 0.29) is 11.2 Å². The standard InChI is InChI=1S/C17H16N4O2S/c22-16-15(8-9-21(16)13-5-2-1-3-6-13)24-17-19-18-12-20(17)11-14-7-4-10-23-14/h1-7,10,12,15H,8-9,11H2. The third-order valence-corrected chi connectivity index (χ3v) is 5.21. The van der Waals surface area contributed by atoms with E-state index in [1.165, 1.54) is 11.8 Å². The lowest BCUT2D eigenvalue weighted by Gasteiger charge is -2.16. The van der Waals surface area contributed by atoms with Crippen LogP contribution in [0.5, 0.6) is 0 Å². The number of para-hydroxylation sites is 1. The Hall–Kier alpha value is -2.54. The first-order valence-corrected chi connectivity index (χ1v) is 8.62. The van der Waals surface area contributed by atoms with Gasteiger partial charge in [-0.2, -0.15) is 0 Å². The molecule has 7 heteroatoms. The number of anilines is 1. The van der Waals surface area contributed by atoms with Gasteiger partial charge >= 0.3 is 0 Å². The van der Waals surface area contributed by atoms with Crippen molar-refractivity contribution in [2.24, 2.45) is 0 Å². The first-order valence-electron chi connectivity index (χ1n) is 7.74. The van der Waals surface area contributed by atoms with E-state index in [9.17, 15) is 4.79 Å². The van der Waals surface area contributed by atoms with E-state index >= 15 is 0 Å². The Balaban J connectivity index is 1.47. The quantitative estimate of drug-likeness (QED) is 0.715. The van der Waals surface area contributed by atoms with Crippen LogP contribution >= 0.6 is 11.8 Å². The number of thioether (sulfide) groups is 1. The number of aromatic nitrogens is 3. The highest BCUT2D eigenvalue weighted by molar-refractivity contribution is 8.00. The van der Waals surface area contributed by atoms with Crippen LogP contribution in [0.1, 0.15) is 12.2 Å². The van der Waals surface area contributed by atoms with Crippen LogP contribution in [0, 0.1) is 0 Å². The average Bonchev–Trinajstić information content (AvgIpc) is 3.34. The summed E-state index contributed by atoms with van der Waals surface area (Å²) in [6.07, 6.45) is 4.11. The van der Waals surface area contributed by atoms with Crippen LogP contribution in [0.4, 0.5) is 5.69 Å². The molecule has 0 spiro atoms. The minimum Gasteiger partial charge on any atom is -0.467 e. The van der Waals surface area contributed by atoms with Crippen LogP contribution in [0.15, 0.2) is 64.6 Å². The molecule has 1 saturated heterocycles. The number of amides is 1. The van der Waals surface area contributed by atoms with Gasteiger partial charge < -0.3 is 13.9 Å². The topological polar surface area (TPSA) is 64.2 Å². The van der Waals surface area contributed by atoms with Gasteiger partial charge in [-0.1, -0.05) is 30.0 Å². The molecule has 2 aromatic heterocycles. The maximum atomic E-state index is 12.7. The van der Waals surface area contributed by atoms with Gasteiger partial charge in [0.1, 0.15) is 12.1 Å². The maximum Gasteiger partial charge on any atom is 0.240 e. The van der Waals surface area contributed by atoms with Gasteiger partial charge in [-0.15, -0.1) is 10.2 Å². The number of benzene rings is 1. The molecular weight excluding hydrogens is 324 g/mol. The third kappa shape index (κ3) is 2.94. The molecule has 1 unspecified atom stereocenters. The van der Waals surface area contributed by atoms with Gasteiger partial charge in [0.15, 0.2) is 5.16 Å². The molecular formula is C17H16N4O2S. The van der Waals surface area contributed by atoms with Gasteiger partial charge in [-0.05, 0) is 30.7 Å². The number of rotatable bonds is 5. The smallest absolute Gasteiger partial charge is 0.240 e. The summed E-state index contributed by atoms with van der Waals surface area (Å²) < 4.78 is 7.27. The number of hydrogen-bond donors (Lipinski definition) is 0. The largest absolute Gasteiger partial charge is 0.467 e. The van der Waals surface area contributed by atoms with Gasteiger partial charge in [0, 0.05) is 12.2 Å². The number of carbonyl (C=O) groups excluding carboxylic acids is 1. The molecule has 1 aliphatic heterocycles. The van der Waals surface area contributed by atoms with Gasteiger partial charge in [-0.25, -0.2) is 0 Å². The van der Waals surface area contributed by atoms with Gasteiger partial charge in [0.05, 0.1) is 18.1 Å². The second-order valence-electron chi connectivity index (χ2n) is 5.54. The van der Waals surface area contributed by atoms with E-state index in [2.05, 4.69) is 10.2 Å². The van der Waals surface area contributed by atoms with Crippen molar-refractivity contribution in [3.05, 3.63) is 60.8 Å². The molecule has 0 N–H and O–H groups in total. The Morgan fingerprint density at radius 1 is 1.21 bits per heavy atom. The maximum absolute atomic E-state index is 12.7. The lowest BCUT2D eigenvalue weighted by atomic mass is 10.3. The summed E-state index contributed by atoms with van der Waals surface area (Å²) in [5, 5.41) is 8.73. The highest BCUT2D eigenvalue weighted by Gasteiger charge is 2.34. The summed E-state index contributed by atoms with van der Waals surface area (Å²) in [4.78, 5) is 14.5. The van der Waals surface area contributed by atoms with Crippen molar-refractivity contribution in [1.82, 2.24) is 14.8 Å². The van der Waals surface area contributed by atoms with Crippen molar-refractivity contribution >= 4 is 23.4 Å². The summed E-state index contributed by atoms with van der Waals surface area (Å²) in [7, 11) is 0. The second kappa shape index (κ2) is 6.52. The average molecular weight is 340 g/mol. The second-order valence-corrected chi connectivity index (χ2v) is 6.71. The van der Waals surface area contributed by atoms with E-state index in [1.807, 2.05) is 51.9 Å². The van der Waals surface area contributed by atoms with Crippen LogP contribution in [0.2, 0.25) is 0 Å². The molecule has 3 heterocycles. The van der Waals surface area contributed by atoms with Crippen LogP contribution in [-0.4, -0.2) is 32.5 Å². The SMILES string of the molecule is O=C1C(Sc2nncn2Cc2ccco2)CCN1c1ccccc1. The Morgan fingerprint density at radius 2 is 2.08 bits per heavy atom. The molecule has 24 heavy (non-hydrogen) atoms. The van der Waals surface area contributed by atoms with Crippen molar-refractivity contribution in [1.29, 1.82) is 0 Å². The Bertz CT molecular complexity index is 816. The fourth-order valence-corrected chi connectivity index (χ4v) is 3.82. The first kappa shape index (κ1) is 15.0. The predicted octanol–water partition coefficient (Wildman–Crippen LogP) is 2.82. The zero-order valence-corrected chi connectivity index (χ0v) is 13.7. The van der Waals surface area contributed by atoms with Gasteiger partial charge in [0.2, 0.25) is 5.91 Å². The Kier molecular flexibility index (Phi) is 4.08. The highest BCUT2D eigenvalue weighted by Crippen LogP contribution is 2.32. The lowest BCUT2D eigenvalue weighted by molar-refractivity contribution is -0.116. The van der Waals surface area contributed by atoms with E-state index in [4.69, 9.17) is 4.42 Å². The van der Waals surface area contributed by atoms with Gasteiger partial charge in [-0.3, -0.25) is 4.79 Å². The number of carbonyl (C=O) groups is 1. The molecule has 0 aliphatic carbocycles. The first-order chi connectivity index (χ1) is 11.8. The summed E-state index contributed by atoms with van der Waals surface area (Å²) in [6.45, 7) is 1.29. The van der Waals surface area contributed by atoms with Gasteiger partial charge in [0.25, 0.3) is 0 Å². The zero-order chi connectivity index (χ0) is 16.4. The van der Waals surface area contributed by atoms with Crippen molar-refractivity contribution in [2.75, 3.05) is 11.4 Å². The molecule has 122 valence electrons. The fourth-order valence-electron chi connectivity index (χ4n) is 2.77. The summed E-state index contributed by atoms with van der Waals surface area (Å²) >= 11 is 1.47. The number of furan rings is 1. The van der Waals surface area contributed by atoms with Crippen molar-refractivity contribution in [3.8, 4) is 0 Å². The van der Waals surface area contributed by atoms with Crippen LogP contribution in [-0.2, 0) is 11.3 Å². The molecule has 1 fully saturated rings. The molecule has 1 aliphatic rings. The minimum atomic E-state index is -0.134. The Labute approximate surface area is 143 Å². The van der Waals surface area contributed by atoms with Crippen LogP contribution in [0.3, 0.4) is 0 Å². The molecule has 0 radical (unpaired) electrons. The molecule has 0 saturated carbocycles. The number of nitrogens with zero attached hydrogens (tertiary/aromatic N) is 4. The molecule has 1 amide bonds. The highest BCUT2D eigenvalue weighted by atomic mass is 32.2. The Morgan fingerprint density at radius 3 is 2.88 bits per heavy atom. The zero-order valence-electron chi connectivity index (χ0n) is 12.9. The molecule has 3 aromatic rings. The summed E-state index contributed by atoms with van der Waals surface area (Å²) in [5.74, 6) is 0.957. The summed E-state index contributed by atoms with van der Waals surface area (Å²) in [5.41, 5.74) is 0.947. The molecule has 6 nitrogen and oxygen atoms in total. The summed E-state index contributed by atoms with van der Waals surface area (Å²) in [6, 6.07) is 13.5. The molecule has 1 atom stereocenters. The normalized spacial score (nSPS) is 17.6. The molecule has 4 rings (SSSR count). The van der Waals surface area contributed by atoms with E-state index in [0.29, 0.717) is 6.54 Å². The lowest BCUT2D eigenvalue weighted by Crippen LogP contribution is -2.28.